The van der Waals surface area contributed by atoms with Gasteiger partial charge in [0, 0.05) is 18.2 Å². The minimum atomic E-state index is -4.43. The molecule has 6 heteroatoms. The van der Waals surface area contributed by atoms with Crippen molar-refractivity contribution in [3.8, 4) is 0 Å². The largest absolute Gasteiger partial charge is 0.405 e. The lowest BCUT2D eigenvalue weighted by Crippen LogP contribution is -2.36. The number of hydrogen-bond acceptors (Lipinski definition) is 1. The van der Waals surface area contributed by atoms with Gasteiger partial charge in [-0.3, -0.25) is 0 Å². The van der Waals surface area contributed by atoms with Gasteiger partial charge in [-0.25, -0.2) is 8.78 Å². The fraction of sp³-hybridized carbons (Fsp3) is 0.273. The fourth-order valence-corrected chi connectivity index (χ4v) is 1.80. The zero-order chi connectivity index (χ0) is 12.6. The van der Waals surface area contributed by atoms with Crippen LogP contribution >= 0.6 is 0 Å². The molecule has 0 aliphatic carbocycles. The van der Waals surface area contributed by atoms with Crippen LogP contribution in [0, 0.1) is 11.6 Å². The Morgan fingerprint density at radius 2 is 1.88 bits per heavy atom. The van der Waals surface area contributed by atoms with Gasteiger partial charge in [0.05, 0.1) is 5.69 Å². The fourth-order valence-electron chi connectivity index (χ4n) is 1.80. The summed E-state index contributed by atoms with van der Waals surface area (Å²) < 4.78 is 63.2. The predicted molar refractivity (Wildman–Crippen MR) is 53.7 cm³/mol. The highest BCUT2D eigenvalue weighted by atomic mass is 19.4. The number of hydrogen-bond donors (Lipinski definition) is 0. The van der Waals surface area contributed by atoms with E-state index in [1.54, 1.807) is 0 Å². The Kier molecular flexibility index (Phi) is 2.81. The van der Waals surface area contributed by atoms with Crippen LogP contribution in [0.5, 0.6) is 0 Å². The van der Waals surface area contributed by atoms with Crippen LogP contribution in [-0.4, -0.2) is 19.3 Å². The first-order valence-electron chi connectivity index (χ1n) is 4.84. The van der Waals surface area contributed by atoms with E-state index in [0.717, 1.165) is 11.0 Å². The van der Waals surface area contributed by atoms with E-state index in [1.165, 1.54) is 12.2 Å². The van der Waals surface area contributed by atoms with Crippen molar-refractivity contribution in [1.82, 2.24) is 0 Å². The smallest absolute Gasteiger partial charge is 0.356 e. The summed E-state index contributed by atoms with van der Waals surface area (Å²) in [5.74, 6) is -1.78. The van der Waals surface area contributed by atoms with E-state index in [4.69, 9.17) is 0 Å². The van der Waals surface area contributed by atoms with Gasteiger partial charge in [-0.1, -0.05) is 12.2 Å². The Labute approximate surface area is 94.1 Å². The van der Waals surface area contributed by atoms with E-state index in [1.807, 2.05) is 0 Å². The van der Waals surface area contributed by atoms with Crippen LogP contribution in [-0.2, 0) is 0 Å². The van der Waals surface area contributed by atoms with Crippen LogP contribution < -0.4 is 4.90 Å². The molecule has 0 radical (unpaired) electrons. The van der Waals surface area contributed by atoms with E-state index in [2.05, 4.69) is 0 Å². The lowest BCUT2D eigenvalue weighted by atomic mass is 10.1. The molecule has 0 saturated carbocycles. The summed E-state index contributed by atoms with van der Waals surface area (Å²) in [4.78, 5) is 0.837. The summed E-state index contributed by atoms with van der Waals surface area (Å²) in [5.41, 5.74) is -0.0794. The second-order valence-corrected chi connectivity index (χ2v) is 3.72. The lowest BCUT2D eigenvalue weighted by Gasteiger charge is -2.29. The zero-order valence-corrected chi connectivity index (χ0v) is 8.56. The van der Waals surface area contributed by atoms with E-state index in [-0.39, 0.29) is 17.8 Å². The molecular weight excluding hydrogens is 241 g/mol. The van der Waals surface area contributed by atoms with Gasteiger partial charge in [-0.15, -0.1) is 0 Å². The Morgan fingerprint density at radius 3 is 2.53 bits per heavy atom. The maximum Gasteiger partial charge on any atom is 0.405 e. The number of halogens is 5. The average molecular weight is 249 g/mol. The molecule has 1 aromatic rings. The Balaban J connectivity index is 2.41. The first-order valence-corrected chi connectivity index (χ1v) is 4.84. The van der Waals surface area contributed by atoms with Crippen molar-refractivity contribution < 1.29 is 22.0 Å². The van der Waals surface area contributed by atoms with Gasteiger partial charge >= 0.3 is 6.18 Å². The third-order valence-corrected chi connectivity index (χ3v) is 2.37. The van der Waals surface area contributed by atoms with Gasteiger partial charge in [0.15, 0.2) is 0 Å². The average Bonchev–Trinajstić information content (AvgIpc) is 2.13. The van der Waals surface area contributed by atoms with Crippen LogP contribution in [0.4, 0.5) is 27.6 Å². The lowest BCUT2D eigenvalue weighted by molar-refractivity contribution is -0.119. The molecule has 1 nitrogen and oxygen atoms in total. The predicted octanol–water partition coefficient (Wildman–Crippen LogP) is 3.36. The quantitative estimate of drug-likeness (QED) is 0.690. The first-order chi connectivity index (χ1) is 7.87. The van der Waals surface area contributed by atoms with Gasteiger partial charge in [0.2, 0.25) is 0 Å². The molecule has 0 amide bonds. The molecule has 1 heterocycles. The summed E-state index contributed by atoms with van der Waals surface area (Å²) >= 11 is 0. The zero-order valence-electron chi connectivity index (χ0n) is 8.56. The van der Waals surface area contributed by atoms with Crippen molar-refractivity contribution in [2.75, 3.05) is 18.0 Å². The molecule has 0 aromatic heterocycles. The molecule has 0 unspecified atom stereocenters. The molecule has 0 bridgehead atoms. The molecule has 0 N–H and O–H groups in total. The maximum atomic E-state index is 13.5. The van der Waals surface area contributed by atoms with Crippen molar-refractivity contribution in [3.63, 3.8) is 0 Å². The van der Waals surface area contributed by atoms with E-state index in [0.29, 0.717) is 6.07 Å². The number of fused-ring (bicyclic) bond motifs is 1. The highest BCUT2D eigenvalue weighted by Crippen LogP contribution is 2.32. The Morgan fingerprint density at radius 1 is 1.18 bits per heavy atom. The molecular formula is C11H8F5N. The molecule has 0 fully saturated rings. The second-order valence-electron chi connectivity index (χ2n) is 3.72. The van der Waals surface area contributed by atoms with Crippen molar-refractivity contribution in [2.24, 2.45) is 0 Å². The standard InChI is InChI=1S/C11H8F5N/c12-8-4-7-2-1-3-17(6-11(14,15)16)10(7)9(13)5-8/h1-2,4-5H,3,6H2. The number of alkyl halides is 3. The number of anilines is 1. The minimum absolute atomic E-state index is 0.0466. The van der Waals surface area contributed by atoms with Gasteiger partial charge in [0.1, 0.15) is 18.2 Å². The van der Waals surface area contributed by atoms with Crippen LogP contribution in [0.3, 0.4) is 0 Å². The number of benzene rings is 1. The summed E-state index contributed by atoms with van der Waals surface area (Å²) in [6.45, 7) is -1.30. The summed E-state index contributed by atoms with van der Waals surface area (Å²) in [6, 6.07) is 1.60. The molecule has 0 saturated heterocycles. The monoisotopic (exact) mass is 249 g/mol. The molecule has 2 rings (SSSR count). The second kappa shape index (κ2) is 4.01. The number of nitrogens with zero attached hydrogens (tertiary/aromatic N) is 1. The molecule has 1 aliphatic rings. The molecule has 1 aliphatic heterocycles. The van der Waals surface area contributed by atoms with Crippen LogP contribution in [0.15, 0.2) is 18.2 Å². The van der Waals surface area contributed by atoms with Crippen molar-refractivity contribution in [2.45, 2.75) is 6.18 Å². The Bertz CT molecular complexity index is 464. The molecule has 92 valence electrons. The minimum Gasteiger partial charge on any atom is -0.356 e. The van der Waals surface area contributed by atoms with Gasteiger partial charge in [-0.05, 0) is 6.07 Å². The van der Waals surface area contributed by atoms with Gasteiger partial charge in [-0.2, -0.15) is 13.2 Å². The van der Waals surface area contributed by atoms with Gasteiger partial charge in [0.25, 0.3) is 0 Å². The summed E-state index contributed by atoms with van der Waals surface area (Å²) in [6.07, 6.45) is -1.58. The molecule has 0 atom stereocenters. The van der Waals surface area contributed by atoms with Crippen LogP contribution in [0.25, 0.3) is 6.08 Å². The number of rotatable bonds is 1. The van der Waals surface area contributed by atoms with Crippen LogP contribution in [0.1, 0.15) is 5.56 Å². The highest BCUT2D eigenvalue weighted by molar-refractivity contribution is 5.71. The molecule has 17 heavy (non-hydrogen) atoms. The van der Waals surface area contributed by atoms with E-state index < -0.39 is 24.4 Å². The summed E-state index contributed by atoms with van der Waals surface area (Å²) in [5, 5.41) is 0. The topological polar surface area (TPSA) is 3.24 Å². The molecule has 1 aromatic carbocycles. The van der Waals surface area contributed by atoms with Crippen molar-refractivity contribution >= 4 is 11.8 Å². The van der Waals surface area contributed by atoms with E-state index >= 15 is 0 Å². The van der Waals surface area contributed by atoms with Crippen molar-refractivity contribution in [1.29, 1.82) is 0 Å². The van der Waals surface area contributed by atoms with E-state index in [9.17, 15) is 22.0 Å². The van der Waals surface area contributed by atoms with Crippen molar-refractivity contribution in [3.05, 3.63) is 35.4 Å². The SMILES string of the molecule is Fc1cc(F)c2c(c1)C=CCN2CC(F)(F)F. The first kappa shape index (κ1) is 11.9. The Hall–Kier alpha value is -1.59. The third-order valence-electron chi connectivity index (χ3n) is 2.37. The highest BCUT2D eigenvalue weighted by Gasteiger charge is 2.33. The summed E-state index contributed by atoms with van der Waals surface area (Å²) in [7, 11) is 0. The van der Waals surface area contributed by atoms with Gasteiger partial charge < -0.3 is 4.90 Å². The molecule has 0 spiro atoms. The third kappa shape index (κ3) is 2.57. The normalized spacial score (nSPS) is 15.0. The maximum absolute atomic E-state index is 13.5. The van der Waals surface area contributed by atoms with Crippen LogP contribution in [0.2, 0.25) is 0 Å².